The van der Waals surface area contributed by atoms with Gasteiger partial charge in [-0.25, -0.2) is 0 Å². The van der Waals surface area contributed by atoms with Gasteiger partial charge in [-0.15, -0.1) is 0 Å². The Morgan fingerprint density at radius 1 is 1.67 bits per heavy atom. The lowest BCUT2D eigenvalue weighted by molar-refractivity contribution is -0.120. The van der Waals surface area contributed by atoms with Crippen LogP contribution in [-0.4, -0.2) is 31.4 Å². The molecule has 0 saturated carbocycles. The standard InChI is InChI=1S/C8H15N3O/c1-11(2)5-3-4-7(6-9)8(10)12/h7H,3-5H2,1-2H3,(H2,10,12). The highest BCUT2D eigenvalue weighted by atomic mass is 16.1. The van der Waals surface area contributed by atoms with Crippen molar-refractivity contribution in [2.45, 2.75) is 12.8 Å². The SMILES string of the molecule is CN(C)CCCC(C#N)C(N)=O. The lowest BCUT2D eigenvalue weighted by Crippen LogP contribution is -2.23. The van der Waals surface area contributed by atoms with Gasteiger partial charge in [-0.05, 0) is 33.5 Å². The normalized spacial score (nSPS) is 12.5. The molecule has 0 aromatic carbocycles. The van der Waals surface area contributed by atoms with Gasteiger partial charge in [0, 0.05) is 0 Å². The molecule has 0 spiro atoms. The summed E-state index contributed by atoms with van der Waals surface area (Å²) in [6.07, 6.45) is 1.39. The monoisotopic (exact) mass is 169 g/mol. The van der Waals surface area contributed by atoms with Crippen LogP contribution in [0.15, 0.2) is 0 Å². The first-order chi connectivity index (χ1) is 5.57. The van der Waals surface area contributed by atoms with E-state index in [-0.39, 0.29) is 0 Å². The molecule has 0 aliphatic carbocycles. The zero-order valence-electron chi connectivity index (χ0n) is 7.58. The van der Waals surface area contributed by atoms with E-state index in [1.165, 1.54) is 0 Å². The fourth-order valence-electron chi connectivity index (χ4n) is 0.882. The minimum atomic E-state index is -0.620. The van der Waals surface area contributed by atoms with Crippen LogP contribution in [0.2, 0.25) is 0 Å². The predicted molar refractivity (Wildman–Crippen MR) is 46.1 cm³/mol. The first-order valence-corrected chi connectivity index (χ1v) is 3.91. The molecule has 1 unspecified atom stereocenters. The van der Waals surface area contributed by atoms with Crippen molar-refractivity contribution in [3.63, 3.8) is 0 Å². The van der Waals surface area contributed by atoms with Crippen LogP contribution < -0.4 is 5.73 Å². The average molecular weight is 169 g/mol. The summed E-state index contributed by atoms with van der Waals surface area (Å²) in [6, 6.07) is 1.88. The molecule has 0 radical (unpaired) electrons. The minimum absolute atomic E-state index is 0.517. The van der Waals surface area contributed by atoms with Crippen LogP contribution >= 0.6 is 0 Å². The van der Waals surface area contributed by atoms with E-state index in [2.05, 4.69) is 0 Å². The van der Waals surface area contributed by atoms with Gasteiger partial charge < -0.3 is 10.6 Å². The Hall–Kier alpha value is -1.08. The van der Waals surface area contributed by atoms with E-state index < -0.39 is 11.8 Å². The average Bonchev–Trinajstić information content (AvgIpc) is 1.96. The molecule has 0 aliphatic heterocycles. The summed E-state index contributed by atoms with van der Waals surface area (Å²) in [5.74, 6) is -1.14. The van der Waals surface area contributed by atoms with Crippen LogP contribution in [0.3, 0.4) is 0 Å². The first kappa shape index (κ1) is 10.9. The van der Waals surface area contributed by atoms with Gasteiger partial charge in [0.15, 0.2) is 0 Å². The van der Waals surface area contributed by atoms with Gasteiger partial charge in [0.2, 0.25) is 5.91 Å². The van der Waals surface area contributed by atoms with E-state index in [0.29, 0.717) is 6.42 Å². The number of carbonyl (C=O) groups is 1. The number of rotatable bonds is 5. The second-order valence-corrected chi connectivity index (χ2v) is 3.03. The maximum Gasteiger partial charge on any atom is 0.234 e. The summed E-state index contributed by atoms with van der Waals surface area (Å²) in [6.45, 7) is 0.880. The lowest BCUT2D eigenvalue weighted by atomic mass is 10.0. The Bertz CT molecular complexity index is 183. The zero-order valence-corrected chi connectivity index (χ0v) is 7.58. The van der Waals surface area contributed by atoms with Gasteiger partial charge in [0.25, 0.3) is 0 Å². The van der Waals surface area contributed by atoms with Crippen molar-refractivity contribution in [1.82, 2.24) is 4.90 Å². The van der Waals surface area contributed by atoms with Crippen molar-refractivity contribution in [3.8, 4) is 6.07 Å². The van der Waals surface area contributed by atoms with Crippen LogP contribution in [0.5, 0.6) is 0 Å². The molecule has 4 heteroatoms. The topological polar surface area (TPSA) is 70.1 Å². The van der Waals surface area contributed by atoms with E-state index in [9.17, 15) is 4.79 Å². The van der Waals surface area contributed by atoms with Gasteiger partial charge in [-0.3, -0.25) is 4.79 Å². The molecule has 12 heavy (non-hydrogen) atoms. The molecule has 0 aromatic rings. The van der Waals surface area contributed by atoms with Crippen molar-refractivity contribution in [3.05, 3.63) is 0 Å². The highest BCUT2D eigenvalue weighted by Gasteiger charge is 2.12. The molecule has 2 N–H and O–H groups in total. The highest BCUT2D eigenvalue weighted by molar-refractivity contribution is 5.79. The molecular formula is C8H15N3O. The summed E-state index contributed by atoms with van der Waals surface area (Å²) in [4.78, 5) is 12.6. The van der Waals surface area contributed by atoms with E-state index in [1.54, 1.807) is 0 Å². The second-order valence-electron chi connectivity index (χ2n) is 3.03. The molecule has 0 fully saturated rings. The number of carbonyl (C=O) groups excluding carboxylic acids is 1. The van der Waals surface area contributed by atoms with Crippen LogP contribution in [0.4, 0.5) is 0 Å². The van der Waals surface area contributed by atoms with Crippen molar-refractivity contribution < 1.29 is 4.79 Å². The van der Waals surface area contributed by atoms with Gasteiger partial charge >= 0.3 is 0 Å². The third-order valence-electron chi connectivity index (χ3n) is 1.60. The van der Waals surface area contributed by atoms with Crippen molar-refractivity contribution in [1.29, 1.82) is 5.26 Å². The Balaban J connectivity index is 3.61. The molecule has 1 atom stereocenters. The summed E-state index contributed by atoms with van der Waals surface area (Å²) in [5, 5.41) is 8.50. The third kappa shape index (κ3) is 4.69. The number of primary amides is 1. The van der Waals surface area contributed by atoms with E-state index in [4.69, 9.17) is 11.0 Å². The molecule has 0 bridgehead atoms. The summed E-state index contributed by atoms with van der Waals surface area (Å²) < 4.78 is 0. The first-order valence-electron chi connectivity index (χ1n) is 3.91. The second kappa shape index (κ2) is 5.56. The number of hydrogen-bond donors (Lipinski definition) is 1. The number of nitriles is 1. The van der Waals surface area contributed by atoms with Gasteiger partial charge in [-0.1, -0.05) is 0 Å². The number of nitrogens with zero attached hydrogens (tertiary/aromatic N) is 2. The number of nitrogens with two attached hydrogens (primary N) is 1. The minimum Gasteiger partial charge on any atom is -0.369 e. The molecule has 0 heterocycles. The van der Waals surface area contributed by atoms with Gasteiger partial charge in [-0.2, -0.15) is 5.26 Å². The van der Waals surface area contributed by atoms with Crippen molar-refractivity contribution in [2.24, 2.45) is 11.7 Å². The zero-order chi connectivity index (χ0) is 9.56. The van der Waals surface area contributed by atoms with Gasteiger partial charge in [0.05, 0.1) is 6.07 Å². The third-order valence-corrected chi connectivity index (χ3v) is 1.60. The summed E-state index contributed by atoms with van der Waals surface area (Å²) in [5.41, 5.74) is 4.99. The summed E-state index contributed by atoms with van der Waals surface area (Å²) >= 11 is 0. The fraction of sp³-hybridized carbons (Fsp3) is 0.750. The van der Waals surface area contributed by atoms with E-state index >= 15 is 0 Å². The highest BCUT2D eigenvalue weighted by Crippen LogP contribution is 2.04. The fourth-order valence-corrected chi connectivity index (χ4v) is 0.882. The smallest absolute Gasteiger partial charge is 0.234 e. The molecular weight excluding hydrogens is 154 g/mol. The lowest BCUT2D eigenvalue weighted by Gasteiger charge is -2.09. The van der Waals surface area contributed by atoms with Crippen LogP contribution in [0, 0.1) is 17.2 Å². The molecule has 4 nitrogen and oxygen atoms in total. The number of hydrogen-bond acceptors (Lipinski definition) is 3. The maximum atomic E-state index is 10.6. The molecule has 0 rings (SSSR count). The van der Waals surface area contributed by atoms with E-state index in [0.717, 1.165) is 13.0 Å². The Morgan fingerprint density at radius 2 is 2.25 bits per heavy atom. The molecule has 0 aromatic heterocycles. The van der Waals surface area contributed by atoms with Crippen LogP contribution in [0.25, 0.3) is 0 Å². The molecule has 0 aliphatic rings. The van der Waals surface area contributed by atoms with Crippen molar-refractivity contribution >= 4 is 5.91 Å². The predicted octanol–water partition coefficient (Wildman–Crippen LogP) is -0.0467. The maximum absolute atomic E-state index is 10.6. The van der Waals surface area contributed by atoms with Gasteiger partial charge in [0.1, 0.15) is 5.92 Å². The summed E-state index contributed by atoms with van der Waals surface area (Å²) in [7, 11) is 3.90. The Morgan fingerprint density at radius 3 is 2.58 bits per heavy atom. The molecule has 0 saturated heterocycles. The van der Waals surface area contributed by atoms with Crippen LogP contribution in [-0.2, 0) is 4.79 Å². The Labute approximate surface area is 72.9 Å². The van der Waals surface area contributed by atoms with Crippen LogP contribution in [0.1, 0.15) is 12.8 Å². The Kier molecular flexibility index (Phi) is 5.06. The molecule has 1 amide bonds. The molecule has 68 valence electrons. The number of amides is 1. The van der Waals surface area contributed by atoms with E-state index in [1.807, 2.05) is 25.1 Å². The van der Waals surface area contributed by atoms with Crippen molar-refractivity contribution in [2.75, 3.05) is 20.6 Å². The largest absolute Gasteiger partial charge is 0.369 e. The quantitative estimate of drug-likeness (QED) is 0.627.